The van der Waals surface area contributed by atoms with Gasteiger partial charge >= 0.3 is 0 Å². The van der Waals surface area contributed by atoms with Crippen LogP contribution >= 0.6 is 15.9 Å². The highest BCUT2D eigenvalue weighted by Gasteiger charge is 2.11. The lowest BCUT2D eigenvalue weighted by Gasteiger charge is -2.06. The van der Waals surface area contributed by atoms with E-state index in [0.29, 0.717) is 34.8 Å². The summed E-state index contributed by atoms with van der Waals surface area (Å²) >= 11 is 3.45. The topological polar surface area (TPSA) is 64.4 Å². The first-order valence-corrected chi connectivity index (χ1v) is 9.62. The number of benzene rings is 3. The summed E-state index contributed by atoms with van der Waals surface area (Å²) < 4.78 is 12.2. The molecule has 0 atom stereocenters. The molecule has 6 heteroatoms. The van der Waals surface area contributed by atoms with Gasteiger partial charge in [-0.25, -0.2) is 4.98 Å². The molecule has 0 unspecified atom stereocenters. The van der Waals surface area contributed by atoms with Crippen molar-refractivity contribution >= 4 is 38.6 Å². The van der Waals surface area contributed by atoms with Gasteiger partial charge in [0.05, 0.1) is 6.61 Å². The smallest absolute Gasteiger partial charge is 0.255 e. The molecule has 3 aromatic carbocycles. The highest BCUT2D eigenvalue weighted by molar-refractivity contribution is 9.10. The van der Waals surface area contributed by atoms with E-state index in [2.05, 4.69) is 26.2 Å². The molecule has 0 saturated carbocycles. The van der Waals surface area contributed by atoms with Crippen LogP contribution in [0, 0.1) is 0 Å². The zero-order valence-electron chi connectivity index (χ0n) is 15.1. The fraction of sp³-hybridized carbons (Fsp3) is 0.0909. The van der Waals surface area contributed by atoms with Crippen LogP contribution in [0.3, 0.4) is 0 Å². The summed E-state index contributed by atoms with van der Waals surface area (Å²) in [6.45, 7) is 2.51. The van der Waals surface area contributed by atoms with Crippen molar-refractivity contribution in [3.05, 3.63) is 76.8 Å². The van der Waals surface area contributed by atoms with E-state index in [1.807, 2.05) is 31.2 Å². The van der Waals surface area contributed by atoms with E-state index < -0.39 is 0 Å². The molecule has 0 aliphatic heterocycles. The number of ether oxygens (including phenoxy) is 1. The number of oxazole rings is 1. The van der Waals surface area contributed by atoms with E-state index in [1.165, 1.54) is 0 Å². The average molecular weight is 437 g/mol. The largest absolute Gasteiger partial charge is 0.494 e. The number of carbonyl (C=O) groups is 1. The Balaban J connectivity index is 1.55. The van der Waals surface area contributed by atoms with Crippen LogP contribution in [0.25, 0.3) is 22.6 Å². The monoisotopic (exact) mass is 436 g/mol. The third kappa shape index (κ3) is 3.92. The minimum absolute atomic E-state index is 0.196. The van der Waals surface area contributed by atoms with Gasteiger partial charge in [0, 0.05) is 21.3 Å². The van der Waals surface area contributed by atoms with Crippen molar-refractivity contribution in [2.24, 2.45) is 0 Å². The molecule has 140 valence electrons. The number of hydrogen-bond donors (Lipinski definition) is 1. The summed E-state index contributed by atoms with van der Waals surface area (Å²) in [7, 11) is 0. The number of hydrogen-bond acceptors (Lipinski definition) is 4. The highest BCUT2D eigenvalue weighted by Crippen LogP contribution is 2.28. The molecule has 0 radical (unpaired) electrons. The molecular formula is C22H17BrN2O3. The third-order valence-corrected chi connectivity index (χ3v) is 4.64. The fourth-order valence-corrected chi connectivity index (χ4v) is 3.22. The Labute approximate surface area is 170 Å². The zero-order valence-corrected chi connectivity index (χ0v) is 16.7. The van der Waals surface area contributed by atoms with E-state index in [1.54, 1.807) is 42.5 Å². The number of nitrogens with zero attached hydrogens (tertiary/aromatic N) is 1. The van der Waals surface area contributed by atoms with Crippen molar-refractivity contribution in [3.8, 4) is 17.2 Å². The van der Waals surface area contributed by atoms with Gasteiger partial charge in [0.2, 0.25) is 5.89 Å². The molecule has 1 amide bonds. The number of amides is 1. The highest BCUT2D eigenvalue weighted by atomic mass is 79.9. The maximum absolute atomic E-state index is 12.5. The normalized spacial score (nSPS) is 10.8. The summed E-state index contributed by atoms with van der Waals surface area (Å²) in [5.74, 6) is 1.08. The molecule has 4 rings (SSSR count). The zero-order chi connectivity index (χ0) is 19.5. The van der Waals surface area contributed by atoms with Gasteiger partial charge in [-0.3, -0.25) is 4.79 Å². The molecule has 0 fully saturated rings. The van der Waals surface area contributed by atoms with Gasteiger partial charge in [0.15, 0.2) is 5.58 Å². The quantitative estimate of drug-likeness (QED) is 0.422. The Morgan fingerprint density at radius 3 is 2.68 bits per heavy atom. The number of halogens is 1. The van der Waals surface area contributed by atoms with Crippen LogP contribution < -0.4 is 10.1 Å². The van der Waals surface area contributed by atoms with Crippen molar-refractivity contribution in [3.63, 3.8) is 0 Å². The van der Waals surface area contributed by atoms with Crippen molar-refractivity contribution in [2.45, 2.75) is 6.92 Å². The van der Waals surface area contributed by atoms with Gasteiger partial charge < -0.3 is 14.5 Å². The molecule has 0 spiro atoms. The molecular weight excluding hydrogens is 420 g/mol. The van der Waals surface area contributed by atoms with E-state index in [0.717, 1.165) is 15.8 Å². The van der Waals surface area contributed by atoms with Gasteiger partial charge in [0.25, 0.3) is 5.91 Å². The molecule has 5 nitrogen and oxygen atoms in total. The summed E-state index contributed by atoms with van der Waals surface area (Å²) in [6, 6.07) is 20.2. The summed E-state index contributed by atoms with van der Waals surface area (Å²) in [5.41, 5.74) is 3.43. The van der Waals surface area contributed by atoms with Gasteiger partial charge in [-0.05, 0) is 67.6 Å². The summed E-state index contributed by atoms with van der Waals surface area (Å²) in [6.07, 6.45) is 0. The first-order chi connectivity index (χ1) is 13.6. The van der Waals surface area contributed by atoms with Crippen LogP contribution in [0.1, 0.15) is 17.3 Å². The summed E-state index contributed by atoms with van der Waals surface area (Å²) in [5, 5.41) is 2.89. The van der Waals surface area contributed by atoms with Crippen molar-refractivity contribution < 1.29 is 13.9 Å². The lowest BCUT2D eigenvalue weighted by atomic mass is 10.2. The van der Waals surface area contributed by atoms with E-state index in [9.17, 15) is 4.79 Å². The molecule has 0 bridgehead atoms. The van der Waals surface area contributed by atoms with Gasteiger partial charge in [-0.2, -0.15) is 0 Å². The SMILES string of the molecule is CCOc1ccc(C(=O)Nc2ccc3oc(-c4cccc(Br)c4)nc3c2)cc1. The predicted molar refractivity (Wildman–Crippen MR) is 113 cm³/mol. The third-order valence-electron chi connectivity index (χ3n) is 4.14. The van der Waals surface area contributed by atoms with Gasteiger partial charge in [-0.1, -0.05) is 22.0 Å². The lowest BCUT2D eigenvalue weighted by Crippen LogP contribution is -2.11. The maximum Gasteiger partial charge on any atom is 0.255 e. The second-order valence-corrected chi connectivity index (χ2v) is 7.04. The number of nitrogens with one attached hydrogen (secondary N) is 1. The van der Waals surface area contributed by atoms with E-state index in [4.69, 9.17) is 9.15 Å². The Hall–Kier alpha value is -3.12. The minimum Gasteiger partial charge on any atom is -0.494 e. The Kier molecular flexibility index (Phi) is 5.12. The molecule has 1 aromatic heterocycles. The van der Waals surface area contributed by atoms with Crippen molar-refractivity contribution in [1.29, 1.82) is 0 Å². The average Bonchev–Trinajstić information content (AvgIpc) is 3.12. The van der Waals surface area contributed by atoms with Crippen molar-refractivity contribution in [1.82, 2.24) is 4.98 Å². The summed E-state index contributed by atoms with van der Waals surface area (Å²) in [4.78, 5) is 17.0. The van der Waals surface area contributed by atoms with Gasteiger partial charge in [0.1, 0.15) is 11.3 Å². The number of fused-ring (bicyclic) bond motifs is 1. The minimum atomic E-state index is -0.196. The Bertz CT molecular complexity index is 1140. The maximum atomic E-state index is 12.5. The number of rotatable bonds is 5. The molecule has 28 heavy (non-hydrogen) atoms. The molecule has 0 aliphatic rings. The van der Waals surface area contributed by atoms with E-state index >= 15 is 0 Å². The van der Waals surface area contributed by atoms with E-state index in [-0.39, 0.29) is 5.91 Å². The Morgan fingerprint density at radius 1 is 1.11 bits per heavy atom. The van der Waals surface area contributed by atoms with Crippen LogP contribution in [0.5, 0.6) is 5.75 Å². The molecule has 4 aromatic rings. The fourth-order valence-electron chi connectivity index (χ4n) is 2.82. The van der Waals surface area contributed by atoms with Crippen LogP contribution in [0.15, 0.2) is 75.6 Å². The first kappa shape index (κ1) is 18.3. The van der Waals surface area contributed by atoms with Crippen molar-refractivity contribution in [2.75, 3.05) is 11.9 Å². The number of carbonyl (C=O) groups excluding carboxylic acids is 1. The van der Waals surface area contributed by atoms with Crippen LogP contribution in [0.2, 0.25) is 0 Å². The van der Waals surface area contributed by atoms with Crippen LogP contribution in [-0.4, -0.2) is 17.5 Å². The second-order valence-electron chi connectivity index (χ2n) is 6.12. The first-order valence-electron chi connectivity index (χ1n) is 8.83. The second kappa shape index (κ2) is 7.86. The predicted octanol–water partition coefficient (Wildman–Crippen LogP) is 5.91. The number of aromatic nitrogens is 1. The molecule has 0 aliphatic carbocycles. The van der Waals surface area contributed by atoms with Crippen LogP contribution in [0.4, 0.5) is 5.69 Å². The number of anilines is 1. The molecule has 1 N–H and O–H groups in total. The lowest BCUT2D eigenvalue weighted by molar-refractivity contribution is 0.102. The van der Waals surface area contributed by atoms with Gasteiger partial charge in [-0.15, -0.1) is 0 Å². The standard InChI is InChI=1S/C22H17BrN2O3/c1-2-27-18-9-6-14(7-10-18)21(26)24-17-8-11-20-19(13-17)25-22(28-20)15-4-3-5-16(23)12-15/h3-13H,2H2,1H3,(H,24,26). The Morgan fingerprint density at radius 2 is 1.93 bits per heavy atom. The molecule has 1 heterocycles. The van der Waals surface area contributed by atoms with Crippen LogP contribution in [-0.2, 0) is 0 Å². The molecule has 0 saturated heterocycles.